The highest BCUT2D eigenvalue weighted by atomic mass is 35.5. The summed E-state index contributed by atoms with van der Waals surface area (Å²) < 4.78 is 16.9. The number of rotatable bonds is 2. The Bertz CT molecular complexity index is 816. The Morgan fingerprint density at radius 1 is 1.17 bits per heavy atom. The Balaban J connectivity index is 1.58. The third-order valence-corrected chi connectivity index (χ3v) is 5.49. The van der Waals surface area contributed by atoms with Gasteiger partial charge in [0.25, 0.3) is 0 Å². The van der Waals surface area contributed by atoms with E-state index < -0.39 is 0 Å². The Labute approximate surface area is 145 Å². The van der Waals surface area contributed by atoms with E-state index >= 15 is 0 Å². The molecule has 0 amide bonds. The molecule has 0 atom stereocenters. The third-order valence-electron chi connectivity index (χ3n) is 5.08. The number of ether oxygens (including phenoxy) is 2. The van der Waals surface area contributed by atoms with E-state index in [1.54, 1.807) is 6.07 Å². The molecule has 5 nitrogen and oxygen atoms in total. The maximum atomic E-state index is 11.9. The molecule has 24 heavy (non-hydrogen) atoms. The summed E-state index contributed by atoms with van der Waals surface area (Å²) in [6.07, 6.45) is 1.78. The summed E-state index contributed by atoms with van der Waals surface area (Å²) in [5.74, 6) is -0.359. The molecule has 2 fully saturated rings. The molecule has 1 spiro atoms. The van der Waals surface area contributed by atoms with Crippen molar-refractivity contribution in [3.63, 3.8) is 0 Å². The maximum absolute atomic E-state index is 11.9. The van der Waals surface area contributed by atoms with Crippen LogP contribution in [0.4, 0.5) is 0 Å². The highest BCUT2D eigenvalue weighted by molar-refractivity contribution is 6.32. The number of benzene rings is 1. The van der Waals surface area contributed by atoms with Gasteiger partial charge in [-0.15, -0.1) is 0 Å². The number of piperidine rings is 1. The smallest absolute Gasteiger partial charge is 0.336 e. The van der Waals surface area contributed by atoms with E-state index in [1.807, 2.05) is 19.1 Å². The van der Waals surface area contributed by atoms with Crippen LogP contribution in [0.25, 0.3) is 11.0 Å². The molecule has 3 heterocycles. The third kappa shape index (κ3) is 2.97. The zero-order valence-corrected chi connectivity index (χ0v) is 14.4. The fourth-order valence-electron chi connectivity index (χ4n) is 3.71. The fourth-order valence-corrected chi connectivity index (χ4v) is 3.87. The van der Waals surface area contributed by atoms with Gasteiger partial charge in [-0.3, -0.25) is 0 Å². The lowest BCUT2D eigenvalue weighted by molar-refractivity contribution is -0.922. The van der Waals surface area contributed by atoms with E-state index in [0.717, 1.165) is 49.0 Å². The summed E-state index contributed by atoms with van der Waals surface area (Å²) in [5.41, 5.74) is 2.19. The van der Waals surface area contributed by atoms with Crippen molar-refractivity contribution in [1.82, 2.24) is 0 Å². The van der Waals surface area contributed by atoms with Crippen molar-refractivity contribution in [2.75, 3.05) is 26.3 Å². The van der Waals surface area contributed by atoms with Crippen LogP contribution in [0.1, 0.15) is 24.0 Å². The molecule has 2 saturated heterocycles. The molecule has 0 radical (unpaired) electrons. The number of halogens is 1. The molecule has 1 aromatic carbocycles. The zero-order chi connectivity index (χ0) is 16.7. The number of hydrogen-bond donors (Lipinski definition) is 1. The fraction of sp³-hybridized carbons (Fsp3) is 0.500. The Morgan fingerprint density at radius 3 is 2.58 bits per heavy atom. The van der Waals surface area contributed by atoms with Crippen LogP contribution < -0.4 is 10.5 Å². The van der Waals surface area contributed by atoms with Crippen molar-refractivity contribution in [3.05, 3.63) is 44.8 Å². The average Bonchev–Trinajstić information content (AvgIpc) is 3.00. The van der Waals surface area contributed by atoms with Crippen LogP contribution in [-0.4, -0.2) is 32.1 Å². The van der Waals surface area contributed by atoms with Crippen molar-refractivity contribution in [3.8, 4) is 0 Å². The number of aryl methyl sites for hydroxylation is 1. The Hall–Kier alpha value is -1.40. The number of nitrogens with one attached hydrogen (secondary N) is 1. The summed E-state index contributed by atoms with van der Waals surface area (Å²) in [7, 11) is 0. The van der Waals surface area contributed by atoms with E-state index in [4.69, 9.17) is 25.5 Å². The molecular formula is C18H21ClNO4+. The largest absolute Gasteiger partial charge is 0.423 e. The molecule has 1 N–H and O–H groups in total. The number of quaternary nitrogens is 1. The van der Waals surface area contributed by atoms with Gasteiger partial charge in [0.05, 0.1) is 39.1 Å². The number of hydrogen-bond acceptors (Lipinski definition) is 4. The standard InChI is InChI=1S/C18H20ClNO4/c1-12-8-16-14(10-15(12)19)13(9-17(21)24-16)11-20-4-2-18(3-5-20)22-6-7-23-18/h8-10H,2-7,11H2,1H3/p+1. The highest BCUT2D eigenvalue weighted by Crippen LogP contribution is 2.28. The highest BCUT2D eigenvalue weighted by Gasteiger charge is 2.41. The lowest BCUT2D eigenvalue weighted by Crippen LogP contribution is -3.12. The van der Waals surface area contributed by atoms with Crippen LogP contribution in [0.2, 0.25) is 5.02 Å². The van der Waals surface area contributed by atoms with Gasteiger partial charge in [0.15, 0.2) is 5.79 Å². The first-order chi connectivity index (χ1) is 11.5. The van der Waals surface area contributed by atoms with Gasteiger partial charge >= 0.3 is 5.63 Å². The summed E-state index contributed by atoms with van der Waals surface area (Å²) >= 11 is 6.26. The van der Waals surface area contributed by atoms with Gasteiger partial charge in [-0.25, -0.2) is 4.79 Å². The second kappa shape index (κ2) is 6.15. The summed E-state index contributed by atoms with van der Waals surface area (Å²) in [4.78, 5) is 13.3. The van der Waals surface area contributed by atoms with Crippen LogP contribution in [0, 0.1) is 6.92 Å². The first kappa shape index (κ1) is 16.1. The van der Waals surface area contributed by atoms with E-state index in [2.05, 4.69) is 0 Å². The van der Waals surface area contributed by atoms with Crippen molar-refractivity contribution >= 4 is 22.6 Å². The van der Waals surface area contributed by atoms with Crippen LogP contribution in [0.5, 0.6) is 0 Å². The molecule has 2 aromatic rings. The van der Waals surface area contributed by atoms with Gasteiger partial charge in [-0.05, 0) is 24.6 Å². The normalized spacial score (nSPS) is 20.9. The molecule has 6 heteroatoms. The minimum Gasteiger partial charge on any atom is -0.423 e. The summed E-state index contributed by atoms with van der Waals surface area (Å²) in [5, 5.41) is 1.62. The molecule has 4 rings (SSSR count). The van der Waals surface area contributed by atoms with Crippen LogP contribution >= 0.6 is 11.6 Å². The van der Waals surface area contributed by atoms with Gasteiger partial charge in [-0.1, -0.05) is 11.6 Å². The quantitative estimate of drug-likeness (QED) is 0.837. The summed E-state index contributed by atoms with van der Waals surface area (Å²) in [6, 6.07) is 5.33. The Morgan fingerprint density at radius 2 is 1.88 bits per heavy atom. The van der Waals surface area contributed by atoms with Crippen molar-refractivity contribution < 1.29 is 18.8 Å². The SMILES string of the molecule is Cc1cc2oc(=O)cc(C[NH+]3CCC4(CC3)OCCO4)c2cc1Cl. The van der Waals surface area contributed by atoms with Crippen molar-refractivity contribution in [2.24, 2.45) is 0 Å². The molecule has 0 bridgehead atoms. The van der Waals surface area contributed by atoms with Crippen LogP contribution in [-0.2, 0) is 16.0 Å². The zero-order valence-electron chi connectivity index (χ0n) is 13.7. The number of likely N-dealkylation sites (tertiary alicyclic amines) is 1. The van der Waals surface area contributed by atoms with Gasteiger partial charge in [-0.2, -0.15) is 0 Å². The number of fused-ring (bicyclic) bond motifs is 1. The van der Waals surface area contributed by atoms with Gasteiger partial charge in [0.2, 0.25) is 0 Å². The minimum absolute atomic E-state index is 0.311. The van der Waals surface area contributed by atoms with E-state index in [0.29, 0.717) is 23.8 Å². The van der Waals surface area contributed by atoms with E-state index in [9.17, 15) is 4.79 Å². The van der Waals surface area contributed by atoms with E-state index in [-0.39, 0.29) is 11.4 Å². The van der Waals surface area contributed by atoms with Gasteiger partial charge in [0.1, 0.15) is 12.1 Å². The first-order valence-corrected chi connectivity index (χ1v) is 8.77. The van der Waals surface area contributed by atoms with E-state index in [1.165, 1.54) is 4.90 Å². The molecule has 2 aliphatic heterocycles. The predicted octanol–water partition coefficient (Wildman–Crippen LogP) is 1.68. The van der Waals surface area contributed by atoms with Crippen molar-refractivity contribution in [1.29, 1.82) is 0 Å². The molecular weight excluding hydrogens is 330 g/mol. The first-order valence-electron chi connectivity index (χ1n) is 8.39. The second-order valence-electron chi connectivity index (χ2n) is 6.72. The minimum atomic E-state index is -0.359. The monoisotopic (exact) mass is 350 g/mol. The summed E-state index contributed by atoms with van der Waals surface area (Å²) in [6.45, 7) is 5.99. The molecule has 0 unspecified atom stereocenters. The van der Waals surface area contributed by atoms with Crippen molar-refractivity contribution in [2.45, 2.75) is 32.1 Å². The van der Waals surface area contributed by atoms with Crippen LogP contribution in [0.3, 0.4) is 0 Å². The maximum Gasteiger partial charge on any atom is 0.336 e. The molecule has 128 valence electrons. The topological polar surface area (TPSA) is 53.1 Å². The molecule has 0 saturated carbocycles. The second-order valence-corrected chi connectivity index (χ2v) is 7.13. The Kier molecular flexibility index (Phi) is 4.12. The predicted molar refractivity (Wildman–Crippen MR) is 90.5 cm³/mol. The van der Waals surface area contributed by atoms with Gasteiger partial charge < -0.3 is 18.8 Å². The molecule has 2 aliphatic rings. The lowest BCUT2D eigenvalue weighted by atomic mass is 10.0. The molecule has 0 aliphatic carbocycles. The lowest BCUT2D eigenvalue weighted by Gasteiger charge is -2.35. The molecule has 1 aromatic heterocycles. The van der Waals surface area contributed by atoms with Gasteiger partial charge in [0, 0.05) is 22.0 Å². The average molecular weight is 351 g/mol. The van der Waals surface area contributed by atoms with Crippen LogP contribution in [0.15, 0.2) is 27.4 Å².